The SMILES string of the molecule is CCc1cccc2ccn(CC(O)CSc3nnnn3-c3ccccc3)c12. The van der Waals surface area contributed by atoms with Crippen LogP contribution >= 0.6 is 11.8 Å². The molecule has 1 N–H and O–H groups in total. The fraction of sp³-hybridized carbons (Fsp3) is 0.250. The molecule has 0 fully saturated rings. The van der Waals surface area contributed by atoms with Gasteiger partial charge in [-0.15, -0.1) is 5.10 Å². The highest BCUT2D eigenvalue weighted by Crippen LogP contribution is 2.23. The Kier molecular flexibility index (Phi) is 5.22. The Hall–Kier alpha value is -2.64. The van der Waals surface area contributed by atoms with Gasteiger partial charge in [0.05, 0.1) is 17.3 Å². The molecule has 2 aromatic carbocycles. The summed E-state index contributed by atoms with van der Waals surface area (Å²) in [6.45, 7) is 2.70. The number of nitrogens with zero attached hydrogens (tertiary/aromatic N) is 5. The maximum Gasteiger partial charge on any atom is 0.214 e. The number of rotatable bonds is 7. The van der Waals surface area contributed by atoms with Crippen molar-refractivity contribution in [2.75, 3.05) is 5.75 Å². The molecule has 6 nitrogen and oxygen atoms in total. The summed E-state index contributed by atoms with van der Waals surface area (Å²) < 4.78 is 3.83. The molecule has 4 aromatic rings. The molecule has 0 aliphatic heterocycles. The summed E-state index contributed by atoms with van der Waals surface area (Å²) in [5, 5.41) is 24.4. The first-order chi connectivity index (χ1) is 13.3. The van der Waals surface area contributed by atoms with Gasteiger partial charge in [-0.1, -0.05) is 55.1 Å². The van der Waals surface area contributed by atoms with Crippen molar-refractivity contribution in [1.29, 1.82) is 0 Å². The van der Waals surface area contributed by atoms with Gasteiger partial charge in [-0.05, 0) is 46.0 Å². The van der Waals surface area contributed by atoms with Crippen LogP contribution in [0.15, 0.2) is 66.0 Å². The molecule has 2 aromatic heterocycles. The first-order valence-electron chi connectivity index (χ1n) is 8.97. The molecule has 0 spiro atoms. The number of tetrazole rings is 1. The van der Waals surface area contributed by atoms with Crippen LogP contribution < -0.4 is 0 Å². The quantitative estimate of drug-likeness (QED) is 0.499. The molecular weight excluding hydrogens is 358 g/mol. The Labute approximate surface area is 161 Å². The van der Waals surface area contributed by atoms with E-state index in [2.05, 4.69) is 51.3 Å². The maximum atomic E-state index is 10.6. The van der Waals surface area contributed by atoms with Gasteiger partial charge in [0.15, 0.2) is 0 Å². The van der Waals surface area contributed by atoms with Crippen LogP contribution in [-0.4, -0.2) is 41.7 Å². The second kappa shape index (κ2) is 7.94. The van der Waals surface area contributed by atoms with Crippen LogP contribution in [0, 0.1) is 0 Å². The summed E-state index contributed by atoms with van der Waals surface area (Å²) in [6, 6.07) is 18.2. The van der Waals surface area contributed by atoms with Crippen LogP contribution in [0.4, 0.5) is 0 Å². The van der Waals surface area contributed by atoms with Crippen LogP contribution in [0.5, 0.6) is 0 Å². The summed E-state index contributed by atoms with van der Waals surface area (Å²) in [5.41, 5.74) is 3.41. The summed E-state index contributed by atoms with van der Waals surface area (Å²) in [4.78, 5) is 0. The van der Waals surface area contributed by atoms with Gasteiger partial charge in [-0.2, -0.15) is 4.68 Å². The van der Waals surface area contributed by atoms with Gasteiger partial charge in [-0.25, -0.2) is 0 Å². The zero-order valence-electron chi connectivity index (χ0n) is 15.1. The van der Waals surface area contributed by atoms with Gasteiger partial charge >= 0.3 is 0 Å². The monoisotopic (exact) mass is 379 g/mol. The minimum atomic E-state index is -0.503. The molecule has 0 bridgehead atoms. The van der Waals surface area contributed by atoms with Gasteiger partial charge in [0.1, 0.15) is 0 Å². The number of aromatic nitrogens is 5. The van der Waals surface area contributed by atoms with Crippen LogP contribution in [0.2, 0.25) is 0 Å². The summed E-state index contributed by atoms with van der Waals surface area (Å²) in [6.07, 6.45) is 2.51. The number of benzene rings is 2. The third-order valence-electron chi connectivity index (χ3n) is 4.51. The number of hydrogen-bond donors (Lipinski definition) is 1. The predicted octanol–water partition coefficient (Wildman–Crippen LogP) is 3.33. The number of fused-ring (bicyclic) bond motifs is 1. The van der Waals surface area contributed by atoms with Crippen LogP contribution in [-0.2, 0) is 13.0 Å². The van der Waals surface area contributed by atoms with E-state index >= 15 is 0 Å². The molecule has 1 atom stereocenters. The standard InChI is InChI=1S/C20H21N5OS/c1-2-15-7-6-8-16-11-12-24(19(15)16)13-18(26)14-27-20-21-22-23-25(20)17-9-4-3-5-10-17/h3-12,18,26H,2,13-14H2,1H3. The molecule has 4 rings (SSSR count). The number of aryl methyl sites for hydroxylation is 1. The van der Waals surface area contributed by atoms with Crippen molar-refractivity contribution in [3.05, 3.63) is 66.4 Å². The smallest absolute Gasteiger partial charge is 0.214 e. The average molecular weight is 379 g/mol. The Morgan fingerprint density at radius 1 is 1.07 bits per heavy atom. The highest BCUT2D eigenvalue weighted by atomic mass is 32.2. The molecule has 27 heavy (non-hydrogen) atoms. The maximum absolute atomic E-state index is 10.6. The molecule has 2 heterocycles. The zero-order valence-corrected chi connectivity index (χ0v) is 15.9. The van der Waals surface area contributed by atoms with Crippen LogP contribution in [0.25, 0.3) is 16.6 Å². The topological polar surface area (TPSA) is 68.8 Å². The lowest BCUT2D eigenvalue weighted by atomic mass is 10.1. The molecular formula is C20H21N5OS. The number of aliphatic hydroxyl groups excluding tert-OH is 1. The second-order valence-electron chi connectivity index (χ2n) is 6.35. The van der Waals surface area contributed by atoms with Gasteiger partial charge in [0.25, 0.3) is 0 Å². The summed E-state index contributed by atoms with van der Waals surface area (Å²) >= 11 is 1.46. The van der Waals surface area contributed by atoms with Crippen molar-refractivity contribution in [3.8, 4) is 5.69 Å². The minimum Gasteiger partial charge on any atom is -0.390 e. The van der Waals surface area contributed by atoms with E-state index in [9.17, 15) is 5.11 Å². The molecule has 7 heteroatoms. The summed E-state index contributed by atoms with van der Waals surface area (Å²) in [5.74, 6) is 0.515. The molecule has 0 radical (unpaired) electrons. The van der Waals surface area contributed by atoms with Crippen molar-refractivity contribution < 1.29 is 5.11 Å². The fourth-order valence-electron chi connectivity index (χ4n) is 3.23. The van der Waals surface area contributed by atoms with E-state index in [1.165, 1.54) is 28.2 Å². The van der Waals surface area contributed by atoms with Gasteiger partial charge in [0, 0.05) is 18.5 Å². The molecule has 0 amide bonds. The minimum absolute atomic E-state index is 0.503. The molecule has 0 saturated carbocycles. The Bertz CT molecular complexity index is 1030. The van der Waals surface area contributed by atoms with E-state index in [1.807, 2.05) is 36.5 Å². The van der Waals surface area contributed by atoms with E-state index < -0.39 is 6.10 Å². The Morgan fingerprint density at radius 2 is 1.93 bits per heavy atom. The lowest BCUT2D eigenvalue weighted by Gasteiger charge is -2.14. The number of hydrogen-bond acceptors (Lipinski definition) is 5. The van der Waals surface area contributed by atoms with Gasteiger partial charge in [-0.3, -0.25) is 0 Å². The van der Waals surface area contributed by atoms with Gasteiger partial charge in [0.2, 0.25) is 5.16 Å². The average Bonchev–Trinajstić information content (AvgIpc) is 3.34. The van der Waals surface area contributed by atoms with Crippen LogP contribution in [0.3, 0.4) is 0 Å². The van der Waals surface area contributed by atoms with Gasteiger partial charge < -0.3 is 9.67 Å². The molecule has 0 aliphatic rings. The molecule has 1 unspecified atom stereocenters. The fourth-order valence-corrected chi connectivity index (χ4v) is 4.03. The highest BCUT2D eigenvalue weighted by Gasteiger charge is 2.14. The van der Waals surface area contributed by atoms with E-state index in [1.54, 1.807) is 4.68 Å². The van der Waals surface area contributed by atoms with Crippen molar-refractivity contribution in [3.63, 3.8) is 0 Å². The number of para-hydroxylation sites is 2. The molecule has 138 valence electrons. The Morgan fingerprint density at radius 3 is 2.74 bits per heavy atom. The Balaban J connectivity index is 1.46. The van der Waals surface area contributed by atoms with Crippen molar-refractivity contribution >= 4 is 22.7 Å². The predicted molar refractivity (Wildman–Crippen MR) is 107 cm³/mol. The lowest BCUT2D eigenvalue weighted by Crippen LogP contribution is -2.18. The molecule has 0 aliphatic carbocycles. The zero-order chi connectivity index (χ0) is 18.6. The third kappa shape index (κ3) is 3.74. The summed E-state index contributed by atoms with van der Waals surface area (Å²) in [7, 11) is 0. The van der Waals surface area contributed by atoms with E-state index in [-0.39, 0.29) is 0 Å². The first kappa shape index (κ1) is 17.8. The molecule has 0 saturated heterocycles. The van der Waals surface area contributed by atoms with Crippen molar-refractivity contribution in [2.45, 2.75) is 31.1 Å². The first-order valence-corrected chi connectivity index (χ1v) is 9.96. The lowest BCUT2D eigenvalue weighted by molar-refractivity contribution is 0.179. The van der Waals surface area contributed by atoms with Crippen molar-refractivity contribution in [1.82, 2.24) is 24.8 Å². The normalized spacial score (nSPS) is 12.5. The third-order valence-corrected chi connectivity index (χ3v) is 5.57. The largest absolute Gasteiger partial charge is 0.390 e. The van der Waals surface area contributed by atoms with E-state index in [4.69, 9.17) is 0 Å². The number of thioether (sulfide) groups is 1. The van der Waals surface area contributed by atoms with Crippen molar-refractivity contribution in [2.24, 2.45) is 0 Å². The second-order valence-corrected chi connectivity index (χ2v) is 7.34. The van der Waals surface area contributed by atoms with Crippen LogP contribution in [0.1, 0.15) is 12.5 Å². The van der Waals surface area contributed by atoms with E-state index in [0.29, 0.717) is 17.5 Å². The van der Waals surface area contributed by atoms with E-state index in [0.717, 1.165) is 12.1 Å². The highest BCUT2D eigenvalue weighted by molar-refractivity contribution is 7.99. The number of aliphatic hydroxyl groups is 1.